The first-order chi connectivity index (χ1) is 13.5. The summed E-state index contributed by atoms with van der Waals surface area (Å²) in [5.74, 6) is 1.98. The van der Waals surface area contributed by atoms with Gasteiger partial charge in [-0.1, -0.05) is 0 Å². The SMILES string of the molecule is CCC[CH2][Sn]([CH2]CCC)([CH2]CCC)[CH2][C@@H]1CN2C(=O)CC[C@@]23CCC(=O)C[C@@H]13. The summed E-state index contributed by atoms with van der Waals surface area (Å²) in [4.78, 5) is 27.4. The van der Waals surface area contributed by atoms with E-state index < -0.39 is 18.4 Å². The van der Waals surface area contributed by atoms with Gasteiger partial charge >= 0.3 is 178 Å². The fourth-order valence-corrected chi connectivity index (χ4v) is 24.6. The van der Waals surface area contributed by atoms with Gasteiger partial charge in [0.05, 0.1) is 0 Å². The molecule has 1 aliphatic carbocycles. The third-order valence-electron chi connectivity index (χ3n) is 8.45. The Hall–Kier alpha value is -0.0613. The van der Waals surface area contributed by atoms with Crippen molar-refractivity contribution in [1.29, 1.82) is 0 Å². The van der Waals surface area contributed by atoms with Gasteiger partial charge in [0.15, 0.2) is 0 Å². The zero-order valence-electron chi connectivity index (χ0n) is 18.7. The molecule has 0 aromatic carbocycles. The maximum absolute atomic E-state index is 12.7. The quantitative estimate of drug-likeness (QED) is 0.320. The van der Waals surface area contributed by atoms with Crippen molar-refractivity contribution in [1.82, 2.24) is 4.90 Å². The molecule has 1 amide bonds. The van der Waals surface area contributed by atoms with Gasteiger partial charge in [-0.25, -0.2) is 0 Å². The fraction of sp³-hybridized carbons (Fsp3) is 0.917. The van der Waals surface area contributed by atoms with E-state index in [0.717, 1.165) is 32.2 Å². The average molecular weight is 496 g/mol. The Morgan fingerprint density at radius 1 is 0.929 bits per heavy atom. The van der Waals surface area contributed by atoms with Gasteiger partial charge < -0.3 is 0 Å². The van der Waals surface area contributed by atoms with Gasteiger partial charge in [-0.3, -0.25) is 0 Å². The van der Waals surface area contributed by atoms with Crippen molar-refractivity contribution in [3.05, 3.63) is 0 Å². The first-order valence-electron chi connectivity index (χ1n) is 12.3. The Morgan fingerprint density at radius 2 is 1.50 bits per heavy atom. The molecule has 28 heavy (non-hydrogen) atoms. The summed E-state index contributed by atoms with van der Waals surface area (Å²) < 4.78 is 6.09. The third kappa shape index (κ3) is 4.49. The Kier molecular flexibility index (Phi) is 7.94. The van der Waals surface area contributed by atoms with Gasteiger partial charge in [0, 0.05) is 0 Å². The number of hydrogen-bond acceptors (Lipinski definition) is 2. The monoisotopic (exact) mass is 497 g/mol. The average Bonchev–Trinajstić information content (AvgIpc) is 3.17. The van der Waals surface area contributed by atoms with Gasteiger partial charge in [0.2, 0.25) is 0 Å². The molecule has 3 atom stereocenters. The van der Waals surface area contributed by atoms with Crippen LogP contribution in [-0.2, 0) is 9.59 Å². The molecule has 0 unspecified atom stereocenters. The summed E-state index contributed by atoms with van der Waals surface area (Å²) >= 11 is -2.25. The minimum atomic E-state index is -2.25. The Balaban J connectivity index is 1.83. The topological polar surface area (TPSA) is 37.4 Å². The second-order valence-electron chi connectivity index (χ2n) is 10.2. The zero-order valence-corrected chi connectivity index (χ0v) is 21.6. The van der Waals surface area contributed by atoms with Crippen LogP contribution in [0.1, 0.15) is 91.4 Å². The summed E-state index contributed by atoms with van der Waals surface area (Å²) in [5.41, 5.74) is 0.0769. The minimum absolute atomic E-state index is 0.0769. The molecular weight excluding hydrogens is 453 g/mol. The van der Waals surface area contributed by atoms with Crippen LogP contribution in [0.2, 0.25) is 17.7 Å². The number of ketones is 1. The number of amides is 1. The summed E-state index contributed by atoms with van der Waals surface area (Å²) in [6.45, 7) is 8.01. The molecular formula is C24H43NO2Sn. The summed E-state index contributed by atoms with van der Waals surface area (Å²) in [6, 6.07) is 0. The van der Waals surface area contributed by atoms with Crippen molar-refractivity contribution in [3.8, 4) is 0 Å². The molecule has 160 valence electrons. The van der Waals surface area contributed by atoms with E-state index in [-0.39, 0.29) is 5.54 Å². The van der Waals surface area contributed by atoms with Gasteiger partial charge in [-0.15, -0.1) is 0 Å². The second-order valence-corrected chi connectivity index (χ2v) is 24.2. The molecule has 2 heterocycles. The van der Waals surface area contributed by atoms with Crippen molar-refractivity contribution >= 4 is 30.1 Å². The van der Waals surface area contributed by atoms with Crippen LogP contribution in [0.3, 0.4) is 0 Å². The van der Waals surface area contributed by atoms with E-state index in [2.05, 4.69) is 25.7 Å². The van der Waals surface area contributed by atoms with Crippen LogP contribution in [0.4, 0.5) is 0 Å². The molecule has 0 bridgehead atoms. The van der Waals surface area contributed by atoms with E-state index in [1.807, 2.05) is 0 Å². The van der Waals surface area contributed by atoms with E-state index in [1.54, 1.807) is 13.3 Å². The number of unbranched alkanes of at least 4 members (excludes halogenated alkanes) is 3. The van der Waals surface area contributed by atoms with Crippen LogP contribution < -0.4 is 0 Å². The molecule has 3 rings (SSSR count). The standard InChI is InChI=1S/C12H16NO2.3C4H9.Sn/c1-8-7-13-11(15)3-5-12(13)4-2-9(14)6-10(8)12;3*1-3-4-2;/h8,10H,1-7H2;3*1,3-4H2,2H3;/t8-,10+,12-;;;;/m1..../s1. The van der Waals surface area contributed by atoms with Crippen LogP contribution >= 0.6 is 0 Å². The van der Waals surface area contributed by atoms with E-state index in [1.165, 1.54) is 43.0 Å². The third-order valence-corrected chi connectivity index (χ3v) is 24.5. The molecule has 1 saturated carbocycles. The van der Waals surface area contributed by atoms with Crippen LogP contribution in [0, 0.1) is 11.8 Å². The Morgan fingerprint density at radius 3 is 2.07 bits per heavy atom. The Labute approximate surface area is 177 Å². The van der Waals surface area contributed by atoms with Crippen LogP contribution in [0.25, 0.3) is 0 Å². The molecule has 3 fully saturated rings. The number of rotatable bonds is 11. The fourth-order valence-electron chi connectivity index (χ4n) is 6.92. The van der Waals surface area contributed by atoms with Crippen molar-refractivity contribution in [2.75, 3.05) is 6.54 Å². The molecule has 0 radical (unpaired) electrons. The predicted octanol–water partition coefficient (Wildman–Crippen LogP) is 6.20. The predicted molar refractivity (Wildman–Crippen MR) is 119 cm³/mol. The van der Waals surface area contributed by atoms with Crippen molar-refractivity contribution in [2.45, 2.75) is 115 Å². The molecule has 0 N–H and O–H groups in total. The van der Waals surface area contributed by atoms with Gasteiger partial charge in [-0.05, 0) is 0 Å². The number of Topliss-reactive ketones (excluding diaryl/α,β-unsaturated/α-hetero) is 1. The van der Waals surface area contributed by atoms with Gasteiger partial charge in [-0.2, -0.15) is 0 Å². The molecule has 3 nitrogen and oxygen atoms in total. The van der Waals surface area contributed by atoms with Crippen molar-refractivity contribution in [3.63, 3.8) is 0 Å². The van der Waals surface area contributed by atoms with E-state index in [0.29, 0.717) is 29.9 Å². The first-order valence-corrected chi connectivity index (χ1v) is 20.4. The van der Waals surface area contributed by atoms with Crippen LogP contribution in [-0.4, -0.2) is 47.1 Å². The summed E-state index contributed by atoms with van der Waals surface area (Å²) in [7, 11) is 0. The molecule has 0 aromatic rings. The molecule has 1 spiro atoms. The molecule has 2 aliphatic heterocycles. The number of carbonyl (C=O) groups is 2. The van der Waals surface area contributed by atoms with Crippen molar-refractivity contribution in [2.24, 2.45) is 11.8 Å². The number of carbonyl (C=O) groups excluding carboxylic acids is 2. The zero-order chi connectivity index (χ0) is 20.2. The normalized spacial score (nSPS) is 30.0. The molecule has 3 aliphatic rings. The summed E-state index contributed by atoms with van der Waals surface area (Å²) in [5, 5.41) is 0. The maximum atomic E-state index is 12.7. The van der Waals surface area contributed by atoms with Crippen LogP contribution in [0.15, 0.2) is 0 Å². The van der Waals surface area contributed by atoms with E-state index in [9.17, 15) is 9.59 Å². The van der Waals surface area contributed by atoms with Gasteiger partial charge in [0.25, 0.3) is 0 Å². The Bertz CT molecular complexity index is 541. The van der Waals surface area contributed by atoms with Gasteiger partial charge in [0.1, 0.15) is 0 Å². The molecule has 0 aromatic heterocycles. The molecule has 2 saturated heterocycles. The van der Waals surface area contributed by atoms with Crippen molar-refractivity contribution < 1.29 is 9.59 Å². The number of nitrogens with zero attached hydrogens (tertiary/aromatic N) is 1. The van der Waals surface area contributed by atoms with E-state index >= 15 is 0 Å². The second kappa shape index (κ2) is 9.83. The number of hydrogen-bond donors (Lipinski definition) is 0. The first kappa shape index (κ1) is 22.6. The summed E-state index contributed by atoms with van der Waals surface area (Å²) in [6.07, 6.45) is 12.4. The van der Waals surface area contributed by atoms with E-state index in [4.69, 9.17) is 0 Å². The molecule has 4 heteroatoms. The van der Waals surface area contributed by atoms with Crippen LogP contribution in [0.5, 0.6) is 0 Å².